The van der Waals surface area contributed by atoms with E-state index in [1.165, 1.54) is 18.2 Å². The molecule has 86 valence electrons. The topological polar surface area (TPSA) is 42.0 Å². The molecule has 1 N–H and O–H groups in total. The molecule has 0 aliphatic heterocycles. The number of halogens is 1. The third kappa shape index (κ3) is 2.56. The summed E-state index contributed by atoms with van der Waals surface area (Å²) in [4.78, 5) is 15.3. The van der Waals surface area contributed by atoms with Crippen LogP contribution in [0.2, 0.25) is 0 Å². The predicted molar refractivity (Wildman–Crippen MR) is 58.5 cm³/mol. The van der Waals surface area contributed by atoms with Crippen LogP contribution in [0.5, 0.6) is 0 Å². The van der Waals surface area contributed by atoms with E-state index in [1.54, 1.807) is 0 Å². The van der Waals surface area contributed by atoms with Crippen LogP contribution in [0.3, 0.4) is 0 Å². The average molecular weight is 222 g/mol. The molecule has 1 amide bonds. The Hall–Kier alpha value is -1.45. The first-order valence-electron chi connectivity index (χ1n) is 5.58. The lowest BCUT2D eigenvalue weighted by Gasteiger charge is -2.11. The summed E-state index contributed by atoms with van der Waals surface area (Å²) >= 11 is 0. The molecule has 1 saturated carbocycles. The lowest BCUT2D eigenvalue weighted by Crippen LogP contribution is -2.33. The molecule has 0 spiro atoms. The van der Waals surface area contributed by atoms with Crippen LogP contribution in [0.1, 0.15) is 36.7 Å². The Balaban J connectivity index is 1.98. The zero-order valence-electron chi connectivity index (χ0n) is 9.24. The van der Waals surface area contributed by atoms with Crippen molar-refractivity contribution in [3.8, 4) is 0 Å². The van der Waals surface area contributed by atoms with E-state index in [4.69, 9.17) is 0 Å². The number of pyridine rings is 1. The van der Waals surface area contributed by atoms with Crippen molar-refractivity contribution >= 4 is 5.91 Å². The fourth-order valence-corrected chi connectivity index (χ4v) is 2.13. The van der Waals surface area contributed by atoms with Crippen molar-refractivity contribution in [1.29, 1.82) is 0 Å². The van der Waals surface area contributed by atoms with Crippen LogP contribution in [-0.2, 0) is 0 Å². The van der Waals surface area contributed by atoms with Crippen molar-refractivity contribution in [2.75, 3.05) is 0 Å². The molecule has 0 saturated heterocycles. The third-order valence-electron chi connectivity index (χ3n) is 2.98. The smallest absolute Gasteiger partial charge is 0.270 e. The molecule has 4 heteroatoms. The van der Waals surface area contributed by atoms with Gasteiger partial charge < -0.3 is 5.32 Å². The molecule has 2 unspecified atom stereocenters. The highest BCUT2D eigenvalue weighted by Crippen LogP contribution is 2.24. The Labute approximate surface area is 94.1 Å². The van der Waals surface area contributed by atoms with Gasteiger partial charge in [0.1, 0.15) is 5.69 Å². The van der Waals surface area contributed by atoms with E-state index >= 15 is 0 Å². The monoisotopic (exact) mass is 222 g/mol. The molecule has 1 aliphatic carbocycles. The van der Waals surface area contributed by atoms with Crippen LogP contribution in [0, 0.1) is 11.9 Å². The fourth-order valence-electron chi connectivity index (χ4n) is 2.13. The molecule has 3 nitrogen and oxygen atoms in total. The van der Waals surface area contributed by atoms with E-state index in [-0.39, 0.29) is 17.6 Å². The molecule has 1 heterocycles. The van der Waals surface area contributed by atoms with Crippen molar-refractivity contribution in [2.24, 2.45) is 5.92 Å². The second-order valence-corrected chi connectivity index (χ2v) is 4.43. The molecule has 1 aliphatic rings. The molecule has 2 atom stereocenters. The van der Waals surface area contributed by atoms with Crippen molar-refractivity contribution < 1.29 is 9.18 Å². The molecular weight excluding hydrogens is 207 g/mol. The van der Waals surface area contributed by atoms with Gasteiger partial charge in [-0.25, -0.2) is 4.98 Å². The molecule has 0 bridgehead atoms. The van der Waals surface area contributed by atoms with Gasteiger partial charge in [0.05, 0.1) is 0 Å². The van der Waals surface area contributed by atoms with E-state index in [0.717, 1.165) is 19.3 Å². The maximum atomic E-state index is 12.8. The van der Waals surface area contributed by atoms with Crippen molar-refractivity contribution in [3.63, 3.8) is 0 Å². The standard InChI is InChI=1S/C12H15FN2O/c1-8-5-6-9(7-8)14-12(16)10-3-2-4-11(13)15-10/h2-4,8-9H,5-7H2,1H3,(H,14,16). The first-order valence-corrected chi connectivity index (χ1v) is 5.58. The molecule has 1 aromatic rings. The maximum Gasteiger partial charge on any atom is 0.270 e. The largest absolute Gasteiger partial charge is 0.348 e. The quantitative estimate of drug-likeness (QED) is 0.779. The van der Waals surface area contributed by atoms with Gasteiger partial charge in [-0.1, -0.05) is 13.0 Å². The predicted octanol–water partition coefficient (Wildman–Crippen LogP) is 2.14. The van der Waals surface area contributed by atoms with Gasteiger partial charge in [0, 0.05) is 6.04 Å². The van der Waals surface area contributed by atoms with Gasteiger partial charge in [-0.15, -0.1) is 0 Å². The number of amides is 1. The minimum absolute atomic E-state index is 0.152. The van der Waals surface area contributed by atoms with Crippen molar-refractivity contribution in [1.82, 2.24) is 10.3 Å². The van der Waals surface area contributed by atoms with Crippen LogP contribution in [-0.4, -0.2) is 16.9 Å². The Morgan fingerprint density at radius 1 is 1.50 bits per heavy atom. The number of rotatable bonds is 2. The molecule has 16 heavy (non-hydrogen) atoms. The van der Waals surface area contributed by atoms with E-state index in [0.29, 0.717) is 5.92 Å². The van der Waals surface area contributed by atoms with Gasteiger partial charge in [0.2, 0.25) is 5.95 Å². The van der Waals surface area contributed by atoms with Gasteiger partial charge in [-0.3, -0.25) is 4.79 Å². The molecule has 0 aromatic carbocycles. The molecule has 2 rings (SSSR count). The van der Waals surface area contributed by atoms with Crippen molar-refractivity contribution in [2.45, 2.75) is 32.2 Å². The van der Waals surface area contributed by atoms with E-state index in [2.05, 4.69) is 17.2 Å². The van der Waals surface area contributed by atoms with Gasteiger partial charge >= 0.3 is 0 Å². The summed E-state index contributed by atoms with van der Waals surface area (Å²) in [6, 6.07) is 4.47. The van der Waals surface area contributed by atoms with Crippen LogP contribution in [0.15, 0.2) is 18.2 Å². The number of carbonyl (C=O) groups is 1. The SMILES string of the molecule is CC1CCC(NC(=O)c2cccc(F)n2)C1. The van der Waals surface area contributed by atoms with Crippen LogP contribution in [0.25, 0.3) is 0 Å². The average Bonchev–Trinajstić information content (AvgIpc) is 2.64. The van der Waals surface area contributed by atoms with E-state index in [1.807, 2.05) is 0 Å². The summed E-state index contributed by atoms with van der Waals surface area (Å²) in [6.45, 7) is 2.17. The highest BCUT2D eigenvalue weighted by Gasteiger charge is 2.23. The number of hydrogen-bond donors (Lipinski definition) is 1. The summed E-state index contributed by atoms with van der Waals surface area (Å²) in [6.07, 6.45) is 3.14. The summed E-state index contributed by atoms with van der Waals surface area (Å²) in [7, 11) is 0. The van der Waals surface area contributed by atoms with Gasteiger partial charge in [-0.2, -0.15) is 4.39 Å². The number of carbonyl (C=O) groups excluding carboxylic acids is 1. The lowest BCUT2D eigenvalue weighted by atomic mass is 10.1. The molecule has 0 radical (unpaired) electrons. The number of nitrogens with one attached hydrogen (secondary N) is 1. The van der Waals surface area contributed by atoms with Gasteiger partial charge in [0.25, 0.3) is 5.91 Å². The molecule has 1 aromatic heterocycles. The lowest BCUT2D eigenvalue weighted by molar-refractivity contribution is 0.0931. The van der Waals surface area contributed by atoms with E-state index in [9.17, 15) is 9.18 Å². The Morgan fingerprint density at radius 2 is 2.31 bits per heavy atom. The third-order valence-corrected chi connectivity index (χ3v) is 2.98. The second kappa shape index (κ2) is 4.60. The molecular formula is C12H15FN2O. The summed E-state index contributed by atoms with van der Waals surface area (Å²) in [5.41, 5.74) is 0.152. The highest BCUT2D eigenvalue weighted by molar-refractivity contribution is 5.92. The first-order chi connectivity index (χ1) is 7.65. The van der Waals surface area contributed by atoms with Crippen molar-refractivity contribution in [3.05, 3.63) is 29.8 Å². The number of nitrogens with zero attached hydrogens (tertiary/aromatic N) is 1. The summed E-state index contributed by atoms with van der Waals surface area (Å²) in [5, 5.41) is 2.88. The Bertz CT molecular complexity index is 394. The van der Waals surface area contributed by atoms with Gasteiger partial charge in [0.15, 0.2) is 0 Å². The van der Waals surface area contributed by atoms with Gasteiger partial charge in [-0.05, 0) is 37.3 Å². The number of hydrogen-bond acceptors (Lipinski definition) is 2. The zero-order chi connectivity index (χ0) is 11.5. The Morgan fingerprint density at radius 3 is 2.94 bits per heavy atom. The minimum Gasteiger partial charge on any atom is -0.348 e. The van der Waals surface area contributed by atoms with Crippen LogP contribution < -0.4 is 5.32 Å². The summed E-state index contributed by atoms with van der Waals surface area (Å²) in [5.74, 6) is -0.239. The Kier molecular flexibility index (Phi) is 3.17. The normalized spacial score (nSPS) is 24.4. The minimum atomic E-state index is -0.618. The maximum absolute atomic E-state index is 12.8. The summed E-state index contributed by atoms with van der Waals surface area (Å²) < 4.78 is 12.8. The number of aromatic nitrogens is 1. The van der Waals surface area contributed by atoms with E-state index < -0.39 is 5.95 Å². The van der Waals surface area contributed by atoms with Crippen LogP contribution >= 0.6 is 0 Å². The fraction of sp³-hybridized carbons (Fsp3) is 0.500. The highest BCUT2D eigenvalue weighted by atomic mass is 19.1. The first kappa shape index (κ1) is 11.0. The molecule has 1 fully saturated rings. The zero-order valence-corrected chi connectivity index (χ0v) is 9.24. The van der Waals surface area contributed by atoms with Crippen LogP contribution in [0.4, 0.5) is 4.39 Å². The second-order valence-electron chi connectivity index (χ2n) is 4.43.